The quantitative estimate of drug-likeness (QED) is 0.591. The van der Waals surface area contributed by atoms with Gasteiger partial charge in [0, 0.05) is 19.6 Å². The fourth-order valence-electron chi connectivity index (χ4n) is 3.70. The third-order valence-corrected chi connectivity index (χ3v) is 5.36. The van der Waals surface area contributed by atoms with Crippen LogP contribution in [0.15, 0.2) is 71.3 Å². The van der Waals surface area contributed by atoms with E-state index >= 15 is 0 Å². The van der Waals surface area contributed by atoms with Crippen molar-refractivity contribution in [2.24, 2.45) is 0 Å². The Bertz CT molecular complexity index is 1050. The van der Waals surface area contributed by atoms with Gasteiger partial charge in [-0.15, -0.1) is 0 Å². The summed E-state index contributed by atoms with van der Waals surface area (Å²) in [6.07, 6.45) is 1.41. The van der Waals surface area contributed by atoms with Crippen LogP contribution < -0.4 is 10.6 Å². The normalized spacial score (nSPS) is 15.2. The minimum absolute atomic E-state index is 0.131. The number of furan rings is 1. The fraction of sp³-hybridized carbons (Fsp3) is 0.250. The van der Waals surface area contributed by atoms with Gasteiger partial charge in [0.05, 0.1) is 36.8 Å². The van der Waals surface area contributed by atoms with E-state index in [1.165, 1.54) is 18.4 Å². The molecule has 1 aromatic heterocycles. The summed E-state index contributed by atoms with van der Waals surface area (Å²) in [4.78, 5) is 27.6. The number of hydrogen-bond acceptors (Lipinski definition) is 5. The highest BCUT2D eigenvalue weighted by molar-refractivity contribution is 6.07. The van der Waals surface area contributed by atoms with E-state index in [1.807, 2.05) is 0 Å². The second-order valence-electron chi connectivity index (χ2n) is 7.40. The van der Waals surface area contributed by atoms with Crippen LogP contribution in [-0.4, -0.2) is 49.6 Å². The molecule has 1 aliphatic rings. The molecule has 0 radical (unpaired) electrons. The number of morpholine rings is 1. The summed E-state index contributed by atoms with van der Waals surface area (Å²) in [5.74, 6) is -0.905. The summed E-state index contributed by atoms with van der Waals surface area (Å²) < 4.78 is 24.0. The van der Waals surface area contributed by atoms with Crippen molar-refractivity contribution in [3.63, 3.8) is 0 Å². The Labute approximate surface area is 185 Å². The van der Waals surface area contributed by atoms with Crippen LogP contribution in [-0.2, 0) is 4.74 Å². The zero-order valence-corrected chi connectivity index (χ0v) is 17.4. The molecular formula is C24H24FN3O4. The molecule has 1 fully saturated rings. The van der Waals surface area contributed by atoms with E-state index in [0.717, 1.165) is 5.56 Å². The van der Waals surface area contributed by atoms with Crippen LogP contribution in [0.2, 0.25) is 0 Å². The van der Waals surface area contributed by atoms with Crippen LogP contribution in [0.25, 0.3) is 0 Å². The van der Waals surface area contributed by atoms with Gasteiger partial charge < -0.3 is 19.8 Å². The third-order valence-electron chi connectivity index (χ3n) is 5.36. The van der Waals surface area contributed by atoms with E-state index < -0.39 is 5.91 Å². The maximum Gasteiger partial charge on any atom is 0.291 e. The van der Waals surface area contributed by atoms with Crippen molar-refractivity contribution in [3.8, 4) is 0 Å². The van der Waals surface area contributed by atoms with E-state index in [1.54, 1.807) is 48.5 Å². The number of hydrogen-bond donors (Lipinski definition) is 2. The second-order valence-corrected chi connectivity index (χ2v) is 7.40. The van der Waals surface area contributed by atoms with Gasteiger partial charge in [-0.1, -0.05) is 24.3 Å². The van der Waals surface area contributed by atoms with Gasteiger partial charge in [-0.25, -0.2) is 4.39 Å². The summed E-state index contributed by atoms with van der Waals surface area (Å²) in [5, 5.41) is 5.69. The Morgan fingerprint density at radius 1 is 0.969 bits per heavy atom. The number of nitrogens with one attached hydrogen (secondary N) is 2. The lowest BCUT2D eigenvalue weighted by Crippen LogP contribution is -2.43. The summed E-state index contributed by atoms with van der Waals surface area (Å²) in [6.45, 7) is 2.97. The molecule has 166 valence electrons. The van der Waals surface area contributed by atoms with Crippen molar-refractivity contribution in [1.82, 2.24) is 10.2 Å². The Morgan fingerprint density at radius 2 is 1.72 bits per heavy atom. The highest BCUT2D eigenvalue weighted by Crippen LogP contribution is 2.23. The Kier molecular flexibility index (Phi) is 6.94. The van der Waals surface area contributed by atoms with Crippen molar-refractivity contribution in [2.45, 2.75) is 6.04 Å². The Hall–Kier alpha value is -3.49. The summed E-state index contributed by atoms with van der Waals surface area (Å²) >= 11 is 0. The molecule has 0 bridgehead atoms. The monoisotopic (exact) mass is 437 g/mol. The molecule has 1 aliphatic heterocycles. The molecule has 0 unspecified atom stereocenters. The van der Waals surface area contributed by atoms with Crippen LogP contribution >= 0.6 is 0 Å². The molecule has 7 nitrogen and oxygen atoms in total. The van der Waals surface area contributed by atoms with Gasteiger partial charge in [-0.3, -0.25) is 14.5 Å². The van der Waals surface area contributed by atoms with Crippen molar-refractivity contribution in [2.75, 3.05) is 38.2 Å². The molecule has 0 aliphatic carbocycles. The Morgan fingerprint density at radius 3 is 2.44 bits per heavy atom. The maximum absolute atomic E-state index is 13.4. The van der Waals surface area contributed by atoms with Crippen LogP contribution in [0.5, 0.6) is 0 Å². The number of carbonyl (C=O) groups excluding carboxylic acids is 2. The molecule has 3 aromatic rings. The SMILES string of the molecule is O=C(Nc1ccccc1C(=O)NC[C@@H](c1ccc(F)cc1)N1CCOCC1)c1ccco1. The number of para-hydroxylation sites is 1. The van der Waals surface area contributed by atoms with E-state index in [4.69, 9.17) is 9.15 Å². The highest BCUT2D eigenvalue weighted by atomic mass is 19.1. The molecule has 1 atom stereocenters. The van der Waals surface area contributed by atoms with E-state index in [-0.39, 0.29) is 23.5 Å². The lowest BCUT2D eigenvalue weighted by Gasteiger charge is -2.35. The van der Waals surface area contributed by atoms with Gasteiger partial charge in [0.15, 0.2) is 5.76 Å². The number of anilines is 1. The van der Waals surface area contributed by atoms with Gasteiger partial charge in [-0.05, 0) is 42.0 Å². The summed E-state index contributed by atoms with van der Waals surface area (Å²) in [7, 11) is 0. The molecule has 0 saturated carbocycles. The first-order valence-electron chi connectivity index (χ1n) is 10.4. The topological polar surface area (TPSA) is 83.8 Å². The molecule has 32 heavy (non-hydrogen) atoms. The zero-order valence-electron chi connectivity index (χ0n) is 17.4. The van der Waals surface area contributed by atoms with Crippen molar-refractivity contribution >= 4 is 17.5 Å². The van der Waals surface area contributed by atoms with Crippen LogP contribution in [0.3, 0.4) is 0 Å². The first kappa shape index (κ1) is 21.7. The molecule has 1 saturated heterocycles. The molecular weight excluding hydrogens is 413 g/mol. The van der Waals surface area contributed by atoms with Gasteiger partial charge in [0.1, 0.15) is 5.82 Å². The number of nitrogens with zero attached hydrogens (tertiary/aromatic N) is 1. The molecule has 8 heteroatoms. The number of ether oxygens (including phenoxy) is 1. The highest BCUT2D eigenvalue weighted by Gasteiger charge is 2.24. The predicted molar refractivity (Wildman–Crippen MR) is 117 cm³/mol. The number of halogens is 1. The standard InChI is InChI=1S/C24H24FN3O4/c25-18-9-7-17(8-10-18)21(28-11-14-31-15-12-28)16-26-23(29)19-4-1-2-5-20(19)27-24(30)22-6-3-13-32-22/h1-10,13,21H,11-12,14-16H2,(H,26,29)(H,27,30)/t21-/m0/s1. The van der Waals surface area contributed by atoms with Gasteiger partial charge in [0.25, 0.3) is 11.8 Å². The predicted octanol–water partition coefficient (Wildman–Crippen LogP) is 3.47. The van der Waals surface area contributed by atoms with Gasteiger partial charge in [-0.2, -0.15) is 0 Å². The number of benzene rings is 2. The number of rotatable bonds is 7. The fourth-order valence-corrected chi connectivity index (χ4v) is 3.70. The zero-order chi connectivity index (χ0) is 22.3. The lowest BCUT2D eigenvalue weighted by atomic mass is 10.0. The molecule has 2 heterocycles. The minimum atomic E-state index is -0.437. The van der Waals surface area contributed by atoms with Crippen molar-refractivity contribution in [1.29, 1.82) is 0 Å². The smallest absolute Gasteiger partial charge is 0.291 e. The average Bonchev–Trinajstić information content (AvgIpc) is 3.36. The van der Waals surface area contributed by atoms with Crippen molar-refractivity contribution in [3.05, 3.63) is 89.6 Å². The molecule has 2 aromatic carbocycles. The molecule has 2 amide bonds. The Balaban J connectivity index is 1.48. The van der Waals surface area contributed by atoms with Gasteiger partial charge >= 0.3 is 0 Å². The average molecular weight is 437 g/mol. The number of amides is 2. The van der Waals surface area contributed by atoms with Gasteiger partial charge in [0.2, 0.25) is 0 Å². The van der Waals surface area contributed by atoms with Crippen molar-refractivity contribution < 1.29 is 23.1 Å². The van der Waals surface area contributed by atoms with Crippen LogP contribution in [0.1, 0.15) is 32.5 Å². The molecule has 0 spiro atoms. The maximum atomic E-state index is 13.4. The third kappa shape index (κ3) is 5.22. The lowest BCUT2D eigenvalue weighted by molar-refractivity contribution is 0.0162. The molecule has 4 rings (SSSR count). The number of carbonyl (C=O) groups is 2. The van der Waals surface area contributed by atoms with Crippen LogP contribution in [0.4, 0.5) is 10.1 Å². The second kappa shape index (κ2) is 10.2. The first-order valence-corrected chi connectivity index (χ1v) is 10.4. The summed E-state index contributed by atoms with van der Waals surface area (Å²) in [6, 6.07) is 16.1. The largest absolute Gasteiger partial charge is 0.459 e. The minimum Gasteiger partial charge on any atom is -0.459 e. The first-order chi connectivity index (χ1) is 15.6. The molecule has 2 N–H and O–H groups in total. The van der Waals surface area contributed by atoms with E-state index in [9.17, 15) is 14.0 Å². The van der Waals surface area contributed by atoms with E-state index in [0.29, 0.717) is 44.1 Å². The van der Waals surface area contributed by atoms with Crippen LogP contribution in [0, 0.1) is 5.82 Å². The van der Waals surface area contributed by atoms with E-state index in [2.05, 4.69) is 15.5 Å². The summed E-state index contributed by atoms with van der Waals surface area (Å²) in [5.41, 5.74) is 1.64.